The molecule has 0 spiro atoms. The number of hydrogen-bond donors (Lipinski definition) is 1. The summed E-state index contributed by atoms with van der Waals surface area (Å²) in [7, 11) is 0. The molecule has 0 amide bonds. The number of alkyl halides is 3. The van der Waals surface area contributed by atoms with Crippen LogP contribution in [-0.2, 0) is 12.7 Å². The molecule has 0 bridgehead atoms. The Labute approximate surface area is 92.4 Å². The van der Waals surface area contributed by atoms with Crippen LogP contribution in [0.5, 0.6) is 0 Å². The summed E-state index contributed by atoms with van der Waals surface area (Å²) < 4.78 is 38.1. The lowest BCUT2D eigenvalue weighted by Crippen LogP contribution is -2.25. The average molecular weight is 235 g/mol. The van der Waals surface area contributed by atoms with E-state index in [0.717, 1.165) is 12.4 Å². The van der Waals surface area contributed by atoms with Crippen LogP contribution in [0.25, 0.3) is 0 Å². The van der Waals surface area contributed by atoms with Crippen LogP contribution in [0.3, 0.4) is 0 Å². The lowest BCUT2D eigenvalue weighted by atomic mass is 9.90. The molecular formula is C10H16F3N3. The number of aromatic nitrogens is 2. The van der Waals surface area contributed by atoms with Gasteiger partial charge < -0.3 is 5.73 Å². The summed E-state index contributed by atoms with van der Waals surface area (Å²) in [5.41, 5.74) is 4.75. The second-order valence-corrected chi connectivity index (χ2v) is 4.61. The Kier molecular flexibility index (Phi) is 3.62. The molecule has 0 aliphatic heterocycles. The topological polar surface area (TPSA) is 43.8 Å². The molecular weight excluding hydrogens is 219 g/mol. The third kappa shape index (κ3) is 3.52. The number of hydrogen-bond acceptors (Lipinski definition) is 2. The Balaban J connectivity index is 2.60. The Morgan fingerprint density at radius 1 is 1.38 bits per heavy atom. The van der Waals surface area contributed by atoms with E-state index in [1.165, 1.54) is 4.68 Å². The van der Waals surface area contributed by atoms with Crippen molar-refractivity contribution in [2.45, 2.75) is 33.0 Å². The normalized spacial score (nSPS) is 13.1. The lowest BCUT2D eigenvalue weighted by Gasteiger charge is -2.21. The van der Waals surface area contributed by atoms with E-state index in [0.29, 0.717) is 19.5 Å². The summed E-state index contributed by atoms with van der Waals surface area (Å²) >= 11 is 0. The Hall–Kier alpha value is -1.04. The van der Waals surface area contributed by atoms with Crippen LogP contribution in [0, 0.1) is 5.41 Å². The summed E-state index contributed by atoms with van der Waals surface area (Å²) in [4.78, 5) is 0. The maximum absolute atomic E-state index is 12.3. The molecule has 6 heteroatoms. The fourth-order valence-corrected chi connectivity index (χ4v) is 1.15. The van der Waals surface area contributed by atoms with Gasteiger partial charge in [-0.05, 0) is 18.4 Å². The van der Waals surface area contributed by atoms with E-state index >= 15 is 0 Å². The third-order valence-electron chi connectivity index (χ3n) is 2.53. The maximum atomic E-state index is 12.3. The number of halogens is 3. The van der Waals surface area contributed by atoms with Crippen LogP contribution in [0.15, 0.2) is 12.4 Å². The second-order valence-electron chi connectivity index (χ2n) is 4.61. The van der Waals surface area contributed by atoms with Crippen LogP contribution in [0.1, 0.15) is 25.8 Å². The van der Waals surface area contributed by atoms with E-state index < -0.39 is 11.7 Å². The third-order valence-corrected chi connectivity index (χ3v) is 2.53. The Bertz CT molecular complexity index is 341. The van der Waals surface area contributed by atoms with Crippen molar-refractivity contribution in [2.75, 3.05) is 6.54 Å². The molecule has 1 rings (SSSR count). The zero-order valence-corrected chi connectivity index (χ0v) is 9.38. The van der Waals surface area contributed by atoms with Crippen molar-refractivity contribution in [3.63, 3.8) is 0 Å². The van der Waals surface area contributed by atoms with Crippen LogP contribution in [-0.4, -0.2) is 16.3 Å². The molecule has 0 aliphatic rings. The average Bonchev–Trinajstić information content (AvgIpc) is 2.63. The first-order valence-corrected chi connectivity index (χ1v) is 5.04. The highest BCUT2D eigenvalue weighted by Gasteiger charge is 2.32. The van der Waals surface area contributed by atoms with E-state index in [1.807, 2.05) is 13.8 Å². The van der Waals surface area contributed by atoms with Crippen molar-refractivity contribution in [2.24, 2.45) is 11.1 Å². The van der Waals surface area contributed by atoms with Gasteiger partial charge in [0.15, 0.2) is 0 Å². The highest BCUT2D eigenvalue weighted by Crippen LogP contribution is 2.28. The summed E-state index contributed by atoms with van der Waals surface area (Å²) in [6, 6.07) is 0. The van der Waals surface area contributed by atoms with Crippen LogP contribution in [0.4, 0.5) is 13.2 Å². The van der Waals surface area contributed by atoms with E-state index in [-0.39, 0.29) is 5.41 Å². The first-order valence-electron chi connectivity index (χ1n) is 5.04. The van der Waals surface area contributed by atoms with E-state index in [4.69, 9.17) is 5.73 Å². The largest absolute Gasteiger partial charge is 0.419 e. The number of rotatable bonds is 4. The zero-order valence-electron chi connectivity index (χ0n) is 9.38. The van der Waals surface area contributed by atoms with Gasteiger partial charge >= 0.3 is 6.18 Å². The number of aryl methyl sites for hydroxylation is 1. The first kappa shape index (κ1) is 13.0. The highest BCUT2D eigenvalue weighted by atomic mass is 19.4. The van der Waals surface area contributed by atoms with Crippen molar-refractivity contribution >= 4 is 0 Å². The first-order chi connectivity index (χ1) is 7.24. The molecule has 16 heavy (non-hydrogen) atoms. The van der Waals surface area contributed by atoms with Crippen LogP contribution in [0.2, 0.25) is 0 Å². The molecule has 0 saturated heterocycles. The minimum atomic E-state index is -4.32. The van der Waals surface area contributed by atoms with Crippen molar-refractivity contribution in [3.8, 4) is 0 Å². The van der Waals surface area contributed by atoms with Crippen molar-refractivity contribution < 1.29 is 13.2 Å². The fraction of sp³-hybridized carbons (Fsp3) is 0.700. The fourth-order valence-electron chi connectivity index (χ4n) is 1.15. The molecule has 0 saturated carbocycles. The smallest absolute Gasteiger partial charge is 0.330 e. The number of nitrogens with zero attached hydrogens (tertiary/aromatic N) is 2. The second kappa shape index (κ2) is 4.45. The molecule has 0 radical (unpaired) electrons. The van der Waals surface area contributed by atoms with E-state index in [9.17, 15) is 13.2 Å². The van der Waals surface area contributed by atoms with Crippen molar-refractivity contribution in [1.82, 2.24) is 9.78 Å². The summed E-state index contributed by atoms with van der Waals surface area (Å²) in [6.45, 7) is 4.89. The highest BCUT2D eigenvalue weighted by molar-refractivity contribution is 5.08. The van der Waals surface area contributed by atoms with Gasteiger partial charge in [0.25, 0.3) is 0 Å². The monoisotopic (exact) mass is 235 g/mol. The van der Waals surface area contributed by atoms with Gasteiger partial charge in [-0.3, -0.25) is 4.68 Å². The molecule has 0 aromatic carbocycles. The summed E-state index contributed by atoms with van der Waals surface area (Å²) in [6.07, 6.45) is -1.76. The van der Waals surface area contributed by atoms with Gasteiger partial charge in [0.05, 0.1) is 11.8 Å². The van der Waals surface area contributed by atoms with Crippen LogP contribution >= 0.6 is 0 Å². The summed E-state index contributed by atoms with van der Waals surface area (Å²) in [5.74, 6) is 0. The molecule has 0 aliphatic carbocycles. The minimum Gasteiger partial charge on any atom is -0.330 e. The van der Waals surface area contributed by atoms with Gasteiger partial charge in [-0.25, -0.2) is 0 Å². The van der Waals surface area contributed by atoms with Crippen molar-refractivity contribution in [1.29, 1.82) is 0 Å². The van der Waals surface area contributed by atoms with Gasteiger partial charge in [-0.2, -0.15) is 18.3 Å². The quantitative estimate of drug-likeness (QED) is 0.870. The van der Waals surface area contributed by atoms with Gasteiger partial charge in [-0.1, -0.05) is 13.8 Å². The zero-order chi connectivity index (χ0) is 12.4. The molecule has 2 N–H and O–H groups in total. The molecule has 1 aromatic heterocycles. The van der Waals surface area contributed by atoms with Gasteiger partial charge in [0.1, 0.15) is 0 Å². The molecule has 0 unspecified atom stereocenters. The predicted molar refractivity (Wildman–Crippen MR) is 54.7 cm³/mol. The predicted octanol–water partition coefficient (Wildman–Crippen LogP) is 2.28. The van der Waals surface area contributed by atoms with Gasteiger partial charge in [0.2, 0.25) is 0 Å². The lowest BCUT2D eigenvalue weighted by molar-refractivity contribution is -0.137. The summed E-state index contributed by atoms with van der Waals surface area (Å²) in [5, 5.41) is 3.68. The molecule has 1 aromatic rings. The molecule has 0 atom stereocenters. The SMILES string of the molecule is CC(C)(CN)CCn1cc(C(F)(F)F)cn1. The van der Waals surface area contributed by atoms with Crippen LogP contribution < -0.4 is 5.73 Å². The Morgan fingerprint density at radius 2 is 2.00 bits per heavy atom. The molecule has 3 nitrogen and oxygen atoms in total. The Morgan fingerprint density at radius 3 is 2.44 bits per heavy atom. The minimum absolute atomic E-state index is 0.0790. The number of nitrogens with two attached hydrogens (primary N) is 1. The van der Waals surface area contributed by atoms with E-state index in [1.54, 1.807) is 0 Å². The van der Waals surface area contributed by atoms with Gasteiger partial charge in [-0.15, -0.1) is 0 Å². The van der Waals surface area contributed by atoms with Crippen molar-refractivity contribution in [3.05, 3.63) is 18.0 Å². The van der Waals surface area contributed by atoms with E-state index in [2.05, 4.69) is 5.10 Å². The molecule has 0 fully saturated rings. The molecule has 1 heterocycles. The maximum Gasteiger partial charge on any atom is 0.419 e. The molecule has 92 valence electrons. The van der Waals surface area contributed by atoms with Gasteiger partial charge in [0, 0.05) is 12.7 Å². The standard InChI is InChI=1S/C10H16F3N3/c1-9(2,7-14)3-4-16-6-8(5-15-16)10(11,12)13/h5-6H,3-4,7,14H2,1-2H3.